The summed E-state index contributed by atoms with van der Waals surface area (Å²) in [6, 6.07) is 12.0. The summed E-state index contributed by atoms with van der Waals surface area (Å²) >= 11 is 0. The van der Waals surface area contributed by atoms with E-state index in [1.54, 1.807) is 30.2 Å². The molecule has 0 saturated heterocycles. The molecule has 176 valence electrons. The number of halogens is 1. The lowest BCUT2D eigenvalue weighted by atomic mass is 10.1. The first-order valence-corrected chi connectivity index (χ1v) is 11.3. The van der Waals surface area contributed by atoms with Gasteiger partial charge in [0.05, 0.1) is 12.2 Å². The van der Waals surface area contributed by atoms with Crippen LogP contribution in [0.2, 0.25) is 0 Å². The highest BCUT2D eigenvalue weighted by Crippen LogP contribution is 2.47. The van der Waals surface area contributed by atoms with Gasteiger partial charge >= 0.3 is 0 Å². The van der Waals surface area contributed by atoms with Crippen molar-refractivity contribution in [3.8, 4) is 17.1 Å². The number of ether oxygens (including phenoxy) is 1. The summed E-state index contributed by atoms with van der Waals surface area (Å²) in [5.41, 5.74) is 3.17. The number of pyridine rings is 1. The molecular formula is C24H27FN8O. The lowest BCUT2D eigenvalue weighted by Crippen LogP contribution is -2.44. The van der Waals surface area contributed by atoms with Crippen LogP contribution in [-0.4, -0.2) is 59.1 Å². The van der Waals surface area contributed by atoms with Gasteiger partial charge in [-0.3, -0.25) is 9.88 Å². The van der Waals surface area contributed by atoms with E-state index in [1.165, 1.54) is 12.1 Å². The van der Waals surface area contributed by atoms with Gasteiger partial charge in [0.1, 0.15) is 11.5 Å². The van der Waals surface area contributed by atoms with Gasteiger partial charge in [-0.15, -0.1) is 10.2 Å². The number of hydrogen-bond donors (Lipinski definition) is 0. The van der Waals surface area contributed by atoms with Crippen molar-refractivity contribution in [2.24, 2.45) is 0 Å². The van der Waals surface area contributed by atoms with Crippen molar-refractivity contribution in [2.75, 3.05) is 13.7 Å². The van der Waals surface area contributed by atoms with Gasteiger partial charge in [0, 0.05) is 36.3 Å². The van der Waals surface area contributed by atoms with E-state index in [9.17, 15) is 4.39 Å². The maximum absolute atomic E-state index is 13.3. The predicted octanol–water partition coefficient (Wildman–Crippen LogP) is 3.57. The summed E-state index contributed by atoms with van der Waals surface area (Å²) in [7, 11) is 1.71. The van der Waals surface area contributed by atoms with E-state index in [0.29, 0.717) is 12.4 Å². The number of aryl methyl sites for hydroxylation is 1. The molecule has 3 aromatic heterocycles. The SMILES string of the molecule is CCN(C(OC)c1nc(C)ccc1-n1cccn1)C1(Cn2nnc(-c3ccc(F)cc3)n2)CC1. The number of nitrogens with zero attached hydrogens (tertiary/aromatic N) is 8. The van der Waals surface area contributed by atoms with Gasteiger partial charge in [0.2, 0.25) is 5.82 Å². The molecule has 1 aliphatic rings. The molecule has 1 unspecified atom stereocenters. The van der Waals surface area contributed by atoms with Crippen LogP contribution in [0, 0.1) is 12.7 Å². The standard InChI is InChI=1S/C24H27FN8O/c1-4-31(23(34-3)21-20(11-6-17(2)27-21)32-15-5-14-26-32)24(12-13-24)16-33-29-22(28-30-33)18-7-9-19(25)10-8-18/h5-11,14-15,23H,4,12-13,16H2,1-3H3. The number of likely N-dealkylation sites (N-methyl/N-ethyl adjacent to an activating group) is 1. The van der Waals surface area contributed by atoms with E-state index in [4.69, 9.17) is 9.72 Å². The van der Waals surface area contributed by atoms with E-state index in [-0.39, 0.29) is 17.6 Å². The zero-order valence-electron chi connectivity index (χ0n) is 19.5. The number of hydrogen-bond acceptors (Lipinski definition) is 7. The third-order valence-corrected chi connectivity index (χ3v) is 6.30. The maximum Gasteiger partial charge on any atom is 0.204 e. The maximum atomic E-state index is 13.3. The number of tetrazole rings is 1. The normalized spacial score (nSPS) is 15.6. The fourth-order valence-corrected chi connectivity index (χ4v) is 4.46. The van der Waals surface area contributed by atoms with Crippen LogP contribution < -0.4 is 0 Å². The molecule has 4 aromatic rings. The van der Waals surface area contributed by atoms with Gasteiger partial charge in [0.15, 0.2) is 6.23 Å². The summed E-state index contributed by atoms with van der Waals surface area (Å²) in [5.74, 6) is 0.181. The van der Waals surface area contributed by atoms with Crippen LogP contribution in [0.15, 0.2) is 54.9 Å². The number of methoxy groups -OCH3 is 1. The Morgan fingerprint density at radius 1 is 1.18 bits per heavy atom. The van der Waals surface area contributed by atoms with Crippen molar-refractivity contribution >= 4 is 0 Å². The Morgan fingerprint density at radius 2 is 1.97 bits per heavy atom. The molecule has 0 aliphatic heterocycles. The Labute approximate surface area is 197 Å². The molecule has 1 saturated carbocycles. The second-order valence-corrected chi connectivity index (χ2v) is 8.56. The van der Waals surface area contributed by atoms with Crippen molar-refractivity contribution in [3.05, 3.63) is 72.1 Å². The van der Waals surface area contributed by atoms with Crippen LogP contribution in [0.1, 0.15) is 37.4 Å². The third kappa shape index (κ3) is 4.22. The second kappa shape index (κ2) is 9.03. The van der Waals surface area contributed by atoms with Gasteiger partial charge in [0.25, 0.3) is 0 Å². The number of aromatic nitrogens is 7. The minimum atomic E-state index is -0.369. The zero-order chi connectivity index (χ0) is 23.7. The minimum absolute atomic E-state index is 0.178. The van der Waals surface area contributed by atoms with Crippen LogP contribution in [0.4, 0.5) is 4.39 Å². The lowest BCUT2D eigenvalue weighted by molar-refractivity contribution is -0.0716. The van der Waals surface area contributed by atoms with Crippen molar-refractivity contribution in [1.82, 2.24) is 39.9 Å². The highest BCUT2D eigenvalue weighted by Gasteiger charge is 2.51. The van der Waals surface area contributed by atoms with Crippen LogP contribution >= 0.6 is 0 Å². The van der Waals surface area contributed by atoms with Crippen LogP contribution in [0.25, 0.3) is 17.1 Å². The Morgan fingerprint density at radius 3 is 2.62 bits per heavy atom. The molecule has 10 heteroatoms. The molecule has 1 aliphatic carbocycles. The first-order valence-electron chi connectivity index (χ1n) is 11.3. The molecule has 0 radical (unpaired) electrons. The molecule has 5 rings (SSSR count). The average Bonchev–Trinajstić information content (AvgIpc) is 3.22. The zero-order valence-corrected chi connectivity index (χ0v) is 19.5. The summed E-state index contributed by atoms with van der Waals surface area (Å²) in [5, 5.41) is 17.4. The molecule has 0 N–H and O–H groups in total. The smallest absolute Gasteiger partial charge is 0.204 e. The third-order valence-electron chi connectivity index (χ3n) is 6.30. The first-order chi connectivity index (χ1) is 16.5. The topological polar surface area (TPSA) is 86.8 Å². The first kappa shape index (κ1) is 22.3. The molecule has 1 aromatic carbocycles. The van der Waals surface area contributed by atoms with E-state index < -0.39 is 0 Å². The second-order valence-electron chi connectivity index (χ2n) is 8.56. The van der Waals surface area contributed by atoms with Gasteiger partial charge in [-0.05, 0) is 74.0 Å². The monoisotopic (exact) mass is 462 g/mol. The summed E-state index contributed by atoms with van der Waals surface area (Å²) in [6.07, 6.45) is 5.25. The number of benzene rings is 1. The summed E-state index contributed by atoms with van der Waals surface area (Å²) in [6.45, 7) is 5.42. The predicted molar refractivity (Wildman–Crippen MR) is 123 cm³/mol. The van der Waals surface area contributed by atoms with Gasteiger partial charge in [-0.2, -0.15) is 9.90 Å². The molecule has 9 nitrogen and oxygen atoms in total. The lowest BCUT2D eigenvalue weighted by Gasteiger charge is -2.37. The number of rotatable bonds is 9. The molecule has 34 heavy (non-hydrogen) atoms. The Balaban J connectivity index is 1.44. The fourth-order valence-electron chi connectivity index (χ4n) is 4.46. The molecular weight excluding hydrogens is 435 g/mol. The summed E-state index contributed by atoms with van der Waals surface area (Å²) in [4.78, 5) is 8.81. The van der Waals surface area contributed by atoms with E-state index in [1.807, 2.05) is 36.0 Å². The average molecular weight is 463 g/mol. The van der Waals surface area contributed by atoms with Crippen molar-refractivity contribution < 1.29 is 9.13 Å². The van der Waals surface area contributed by atoms with E-state index in [0.717, 1.165) is 42.0 Å². The molecule has 0 bridgehead atoms. The van der Waals surface area contributed by atoms with E-state index >= 15 is 0 Å². The van der Waals surface area contributed by atoms with Gasteiger partial charge in [-0.25, -0.2) is 9.07 Å². The van der Waals surface area contributed by atoms with Gasteiger partial charge in [-0.1, -0.05) is 6.92 Å². The van der Waals surface area contributed by atoms with E-state index in [2.05, 4.69) is 32.3 Å². The quantitative estimate of drug-likeness (QED) is 0.352. The summed E-state index contributed by atoms with van der Waals surface area (Å²) < 4.78 is 21.1. The molecule has 3 heterocycles. The molecule has 1 fully saturated rings. The van der Waals surface area contributed by atoms with Crippen LogP contribution in [0.3, 0.4) is 0 Å². The van der Waals surface area contributed by atoms with Crippen molar-refractivity contribution in [1.29, 1.82) is 0 Å². The minimum Gasteiger partial charge on any atom is -0.360 e. The molecule has 0 amide bonds. The van der Waals surface area contributed by atoms with Crippen molar-refractivity contribution in [2.45, 2.75) is 45.0 Å². The fraction of sp³-hybridized carbons (Fsp3) is 0.375. The van der Waals surface area contributed by atoms with Crippen LogP contribution in [-0.2, 0) is 11.3 Å². The van der Waals surface area contributed by atoms with Crippen LogP contribution in [0.5, 0.6) is 0 Å². The van der Waals surface area contributed by atoms with Gasteiger partial charge < -0.3 is 4.74 Å². The Hall–Kier alpha value is -3.50. The molecule has 0 spiro atoms. The highest BCUT2D eigenvalue weighted by atomic mass is 19.1. The molecule has 1 atom stereocenters. The highest BCUT2D eigenvalue weighted by molar-refractivity contribution is 5.53. The largest absolute Gasteiger partial charge is 0.360 e. The Kier molecular flexibility index (Phi) is 5.93. The van der Waals surface area contributed by atoms with Crippen molar-refractivity contribution in [3.63, 3.8) is 0 Å². The Bertz CT molecular complexity index is 1250.